The molecule has 2 aliphatic rings. The number of carbonyl (C=O) groups excluding carboxylic acids is 1. The molecule has 1 amide bonds. The Morgan fingerprint density at radius 1 is 1.25 bits per heavy atom. The average molecular weight is 395 g/mol. The van der Waals surface area contributed by atoms with E-state index < -0.39 is 0 Å². The molecule has 0 aliphatic carbocycles. The lowest BCUT2D eigenvalue weighted by molar-refractivity contribution is 0.0944. The van der Waals surface area contributed by atoms with Gasteiger partial charge in [-0.05, 0) is 49.9 Å². The summed E-state index contributed by atoms with van der Waals surface area (Å²) in [4.78, 5) is 29.0. The number of piperidine rings is 1. The zero-order chi connectivity index (χ0) is 18.9. The Morgan fingerprint density at radius 2 is 2.11 bits per heavy atom. The van der Waals surface area contributed by atoms with Crippen molar-refractivity contribution >= 4 is 39.1 Å². The minimum atomic E-state index is -0.116. The van der Waals surface area contributed by atoms with Crippen molar-refractivity contribution in [2.45, 2.75) is 19.3 Å². The molecule has 4 heterocycles. The van der Waals surface area contributed by atoms with Crippen molar-refractivity contribution in [3.05, 3.63) is 41.2 Å². The Kier molecular flexibility index (Phi) is 4.66. The average Bonchev–Trinajstić information content (AvgIpc) is 3.37. The number of hydrogen-bond donors (Lipinski definition) is 2. The van der Waals surface area contributed by atoms with Crippen LogP contribution in [0.5, 0.6) is 0 Å². The van der Waals surface area contributed by atoms with Crippen LogP contribution < -0.4 is 15.5 Å². The van der Waals surface area contributed by atoms with Crippen LogP contribution in [0.2, 0.25) is 0 Å². The smallest absolute Gasteiger partial charge is 0.280 e. The Hall–Kier alpha value is -2.58. The molecule has 1 aromatic carbocycles. The third kappa shape index (κ3) is 3.22. The van der Waals surface area contributed by atoms with Crippen LogP contribution in [-0.2, 0) is 6.42 Å². The Bertz CT molecular complexity index is 1010. The highest BCUT2D eigenvalue weighted by Gasteiger charge is 2.25. The van der Waals surface area contributed by atoms with E-state index in [-0.39, 0.29) is 5.91 Å². The number of thiazole rings is 1. The summed E-state index contributed by atoms with van der Waals surface area (Å²) in [7, 11) is 0. The second kappa shape index (κ2) is 7.44. The molecule has 2 aromatic heterocycles. The number of para-hydroxylation sites is 1. The van der Waals surface area contributed by atoms with Gasteiger partial charge in [-0.3, -0.25) is 4.79 Å². The maximum atomic E-state index is 12.6. The monoisotopic (exact) mass is 394 g/mol. The van der Waals surface area contributed by atoms with Gasteiger partial charge in [-0.15, -0.1) is 0 Å². The van der Waals surface area contributed by atoms with Gasteiger partial charge in [0.25, 0.3) is 5.91 Å². The van der Waals surface area contributed by atoms with E-state index in [4.69, 9.17) is 0 Å². The summed E-state index contributed by atoms with van der Waals surface area (Å²) in [5.41, 5.74) is 3.17. The Balaban J connectivity index is 1.39. The first-order valence-corrected chi connectivity index (χ1v) is 10.6. The van der Waals surface area contributed by atoms with Gasteiger partial charge in [0, 0.05) is 18.8 Å². The Labute approximate surface area is 167 Å². The van der Waals surface area contributed by atoms with Crippen LogP contribution >= 0.6 is 11.3 Å². The fourth-order valence-corrected chi connectivity index (χ4v) is 4.81. The molecule has 0 saturated carbocycles. The van der Waals surface area contributed by atoms with Crippen molar-refractivity contribution in [1.29, 1.82) is 0 Å². The van der Waals surface area contributed by atoms with Crippen LogP contribution in [0.1, 0.15) is 28.2 Å². The third-order valence-corrected chi connectivity index (χ3v) is 6.49. The molecule has 2 aliphatic heterocycles. The SMILES string of the molecule is O=C(NCC1CCNCC1)c1nc2c(N3CCc4ccccc43)ncnc2s1. The summed E-state index contributed by atoms with van der Waals surface area (Å²) in [6.45, 7) is 3.62. The van der Waals surface area contributed by atoms with Gasteiger partial charge in [-0.2, -0.15) is 0 Å². The molecule has 0 radical (unpaired) electrons. The van der Waals surface area contributed by atoms with Gasteiger partial charge in [0.1, 0.15) is 16.7 Å². The number of aromatic nitrogens is 3. The molecule has 0 spiro atoms. The lowest BCUT2D eigenvalue weighted by Gasteiger charge is -2.22. The van der Waals surface area contributed by atoms with Gasteiger partial charge in [0.2, 0.25) is 0 Å². The highest BCUT2D eigenvalue weighted by molar-refractivity contribution is 7.19. The van der Waals surface area contributed by atoms with Gasteiger partial charge in [-0.25, -0.2) is 15.0 Å². The highest BCUT2D eigenvalue weighted by atomic mass is 32.1. The number of nitrogens with zero attached hydrogens (tertiary/aromatic N) is 4. The minimum absolute atomic E-state index is 0.116. The molecule has 0 unspecified atom stereocenters. The number of nitrogens with one attached hydrogen (secondary N) is 2. The lowest BCUT2D eigenvalue weighted by atomic mass is 9.98. The molecule has 1 fully saturated rings. The van der Waals surface area contributed by atoms with Crippen molar-refractivity contribution in [3.8, 4) is 0 Å². The fourth-order valence-electron chi connectivity index (χ4n) is 3.99. The largest absolute Gasteiger partial charge is 0.350 e. The predicted molar refractivity (Wildman–Crippen MR) is 110 cm³/mol. The molecular weight excluding hydrogens is 372 g/mol. The first kappa shape index (κ1) is 17.5. The van der Waals surface area contributed by atoms with E-state index in [1.807, 2.05) is 6.07 Å². The van der Waals surface area contributed by atoms with Crippen LogP contribution in [0.15, 0.2) is 30.6 Å². The summed E-state index contributed by atoms with van der Waals surface area (Å²) in [6, 6.07) is 8.35. The number of carbonyl (C=O) groups is 1. The minimum Gasteiger partial charge on any atom is -0.350 e. The van der Waals surface area contributed by atoms with Gasteiger partial charge in [-0.1, -0.05) is 29.5 Å². The molecule has 28 heavy (non-hydrogen) atoms. The molecule has 144 valence electrons. The number of amides is 1. The normalized spacial score (nSPS) is 17.1. The Morgan fingerprint density at radius 3 is 3.00 bits per heavy atom. The second-order valence-corrected chi connectivity index (χ2v) is 8.28. The van der Waals surface area contributed by atoms with E-state index in [1.54, 1.807) is 6.33 Å². The number of rotatable bonds is 4. The van der Waals surface area contributed by atoms with Gasteiger partial charge < -0.3 is 15.5 Å². The summed E-state index contributed by atoms with van der Waals surface area (Å²) < 4.78 is 0. The van der Waals surface area contributed by atoms with E-state index in [9.17, 15) is 4.79 Å². The highest BCUT2D eigenvalue weighted by Crippen LogP contribution is 2.37. The maximum Gasteiger partial charge on any atom is 0.280 e. The molecule has 3 aromatic rings. The van der Waals surface area contributed by atoms with Crippen LogP contribution in [0, 0.1) is 5.92 Å². The van der Waals surface area contributed by atoms with E-state index in [1.165, 1.54) is 16.9 Å². The summed E-state index contributed by atoms with van der Waals surface area (Å²) in [6.07, 6.45) is 4.75. The van der Waals surface area contributed by atoms with Gasteiger partial charge >= 0.3 is 0 Å². The van der Waals surface area contributed by atoms with Crippen LogP contribution in [-0.4, -0.2) is 47.0 Å². The molecule has 8 heteroatoms. The predicted octanol–water partition coefficient (Wildman–Crippen LogP) is 2.51. The van der Waals surface area contributed by atoms with Crippen LogP contribution in [0.4, 0.5) is 11.5 Å². The first-order valence-electron chi connectivity index (χ1n) is 9.75. The number of benzene rings is 1. The molecule has 2 N–H and O–H groups in total. The summed E-state index contributed by atoms with van der Waals surface area (Å²) >= 11 is 1.33. The fraction of sp³-hybridized carbons (Fsp3) is 0.400. The van der Waals surface area contributed by atoms with Crippen molar-refractivity contribution in [2.75, 3.05) is 31.1 Å². The molecule has 0 bridgehead atoms. The van der Waals surface area contributed by atoms with Crippen LogP contribution in [0.3, 0.4) is 0 Å². The lowest BCUT2D eigenvalue weighted by Crippen LogP contribution is -2.35. The van der Waals surface area contributed by atoms with Gasteiger partial charge in [0.05, 0.1) is 0 Å². The second-order valence-electron chi connectivity index (χ2n) is 7.30. The number of fused-ring (bicyclic) bond motifs is 2. The molecular formula is C20H22N6OS. The molecule has 0 atom stereocenters. The van der Waals surface area contributed by atoms with Crippen molar-refractivity contribution in [2.24, 2.45) is 5.92 Å². The van der Waals surface area contributed by atoms with Crippen molar-refractivity contribution in [1.82, 2.24) is 25.6 Å². The molecule has 5 rings (SSSR count). The quantitative estimate of drug-likeness (QED) is 0.708. The standard InChI is InChI=1S/C20H22N6OS/c27-18(22-11-13-5-8-21-9-6-13)20-25-16-17(23-12-24-19(16)28-20)26-10-7-14-3-1-2-4-15(14)26/h1-4,12-13,21H,5-11H2,(H,22,27). The number of anilines is 2. The zero-order valence-corrected chi connectivity index (χ0v) is 16.3. The van der Waals surface area contributed by atoms with E-state index >= 15 is 0 Å². The third-order valence-electron chi connectivity index (χ3n) is 5.52. The van der Waals surface area contributed by atoms with E-state index in [2.05, 4.69) is 48.7 Å². The number of hydrogen-bond acceptors (Lipinski definition) is 7. The van der Waals surface area contributed by atoms with Crippen molar-refractivity contribution < 1.29 is 4.79 Å². The topological polar surface area (TPSA) is 83.0 Å². The molecule has 7 nitrogen and oxygen atoms in total. The summed E-state index contributed by atoms with van der Waals surface area (Å²) in [5, 5.41) is 6.86. The summed E-state index contributed by atoms with van der Waals surface area (Å²) in [5.74, 6) is 1.20. The van der Waals surface area contributed by atoms with Crippen molar-refractivity contribution in [3.63, 3.8) is 0 Å². The zero-order valence-electron chi connectivity index (χ0n) is 15.5. The molecule has 1 saturated heterocycles. The van der Waals surface area contributed by atoms with E-state index in [0.717, 1.165) is 55.2 Å². The van der Waals surface area contributed by atoms with Gasteiger partial charge in [0.15, 0.2) is 10.8 Å². The maximum absolute atomic E-state index is 12.6. The van der Waals surface area contributed by atoms with E-state index in [0.29, 0.717) is 23.0 Å². The first-order chi connectivity index (χ1) is 13.8. The van der Waals surface area contributed by atoms with Crippen LogP contribution in [0.25, 0.3) is 10.3 Å².